The van der Waals surface area contributed by atoms with Crippen LogP contribution in [0.3, 0.4) is 0 Å². The average molecular weight is 381 g/mol. The van der Waals surface area contributed by atoms with Crippen LogP contribution in [0.5, 0.6) is 0 Å². The molecule has 8 heteroatoms. The molecule has 8 nitrogen and oxygen atoms in total. The Balaban J connectivity index is 1.84. The lowest BCUT2D eigenvalue weighted by atomic mass is 9.95. The molecule has 0 aromatic carbocycles. The van der Waals surface area contributed by atoms with Crippen LogP contribution in [-0.4, -0.2) is 56.8 Å². The molecule has 2 aromatic heterocycles. The van der Waals surface area contributed by atoms with Gasteiger partial charge in [0.15, 0.2) is 11.5 Å². The lowest BCUT2D eigenvalue weighted by molar-refractivity contribution is -0.117. The van der Waals surface area contributed by atoms with Crippen molar-refractivity contribution >= 4 is 12.3 Å². The van der Waals surface area contributed by atoms with Crippen LogP contribution < -0.4 is 5.73 Å². The molecule has 1 aliphatic rings. The second-order valence-corrected chi connectivity index (χ2v) is 6.82. The van der Waals surface area contributed by atoms with Gasteiger partial charge in [-0.2, -0.15) is 5.10 Å². The first kappa shape index (κ1) is 19.6. The number of fused-ring (bicyclic) bond motifs is 1. The van der Waals surface area contributed by atoms with Crippen LogP contribution in [0.2, 0.25) is 0 Å². The molecule has 1 aliphatic carbocycles. The Morgan fingerprint density at radius 1 is 1.46 bits per heavy atom. The number of carbonyl (C=O) groups is 2. The number of primary amides is 1. The Labute approximate surface area is 163 Å². The minimum atomic E-state index is -0.835. The monoisotopic (exact) mass is 381 g/mol. The summed E-state index contributed by atoms with van der Waals surface area (Å²) in [6.07, 6.45) is 5.50. The number of rotatable bonds is 6. The van der Waals surface area contributed by atoms with E-state index in [0.717, 1.165) is 36.9 Å². The largest absolute Gasteiger partial charge is 0.380 e. The number of amides is 2. The number of nitrogens with two attached hydrogens (primary N) is 1. The van der Waals surface area contributed by atoms with Crippen LogP contribution in [-0.2, 0) is 17.6 Å². The molecule has 0 bridgehead atoms. The van der Waals surface area contributed by atoms with Gasteiger partial charge in [-0.15, -0.1) is 0 Å². The van der Waals surface area contributed by atoms with E-state index in [0.29, 0.717) is 36.5 Å². The smallest absolute Gasteiger partial charge is 0.269 e. The molecule has 2 aromatic rings. The van der Waals surface area contributed by atoms with Crippen LogP contribution in [0.25, 0.3) is 5.82 Å². The van der Waals surface area contributed by atoms with Gasteiger partial charge >= 0.3 is 0 Å². The van der Waals surface area contributed by atoms with E-state index in [1.165, 1.54) is 4.90 Å². The molecule has 0 radical (unpaired) electrons. The van der Waals surface area contributed by atoms with Gasteiger partial charge in [-0.25, -0.2) is 9.67 Å². The van der Waals surface area contributed by atoms with E-state index in [9.17, 15) is 14.7 Å². The molecule has 146 valence electrons. The van der Waals surface area contributed by atoms with Crippen molar-refractivity contribution in [1.29, 1.82) is 0 Å². The third kappa shape index (κ3) is 4.38. The number of hydrogen-bond acceptors (Lipinski definition) is 5. The van der Waals surface area contributed by atoms with Gasteiger partial charge in [0.25, 0.3) is 5.91 Å². The zero-order chi connectivity index (χ0) is 20.1. The summed E-state index contributed by atoms with van der Waals surface area (Å²) in [5.74, 6) is 5.73. The standard InChI is InChI=1S/C20H23N5O3/c1-24(13-26)11-9-15(27)7-6-14-8-10-22-18(12-14)25-17-5-3-2-4-16(17)19(23-25)20(21)28/h8,10,12-13,15,27H,2-5,9,11H2,1H3,(H2,21,28)/t15-/m0/s1. The minimum absolute atomic E-state index is 0.308. The molecular weight excluding hydrogens is 358 g/mol. The van der Waals surface area contributed by atoms with Crippen molar-refractivity contribution in [1.82, 2.24) is 19.7 Å². The van der Waals surface area contributed by atoms with Crippen molar-refractivity contribution in [2.24, 2.45) is 5.73 Å². The van der Waals surface area contributed by atoms with Crippen molar-refractivity contribution in [3.8, 4) is 17.7 Å². The molecule has 3 rings (SSSR count). The molecule has 0 spiro atoms. The number of nitrogens with zero attached hydrogens (tertiary/aromatic N) is 4. The molecule has 0 saturated heterocycles. The highest BCUT2D eigenvalue weighted by Gasteiger charge is 2.24. The molecule has 0 fully saturated rings. The quantitative estimate of drug-likeness (QED) is 0.556. The summed E-state index contributed by atoms with van der Waals surface area (Å²) in [5.41, 5.74) is 8.35. The molecule has 1 atom stereocenters. The fraction of sp³-hybridized carbons (Fsp3) is 0.400. The highest BCUT2D eigenvalue weighted by Crippen LogP contribution is 2.26. The predicted molar refractivity (Wildman–Crippen MR) is 103 cm³/mol. The molecule has 2 heterocycles. The summed E-state index contributed by atoms with van der Waals surface area (Å²) in [6, 6.07) is 3.51. The summed E-state index contributed by atoms with van der Waals surface area (Å²) < 4.78 is 1.68. The SMILES string of the molecule is CN(C=O)CC[C@@H](O)C#Cc1ccnc(-n2nc(C(N)=O)c3c2CCCC3)c1. The number of aliphatic hydroxyl groups is 1. The number of aromatic nitrogens is 3. The molecule has 0 unspecified atom stereocenters. The maximum atomic E-state index is 11.7. The summed E-state index contributed by atoms with van der Waals surface area (Å²) >= 11 is 0. The highest BCUT2D eigenvalue weighted by atomic mass is 16.3. The Hall–Kier alpha value is -3.18. The van der Waals surface area contributed by atoms with Crippen molar-refractivity contribution < 1.29 is 14.7 Å². The summed E-state index contributed by atoms with van der Waals surface area (Å²) in [6.45, 7) is 0.427. The zero-order valence-electron chi connectivity index (χ0n) is 15.8. The number of pyridine rings is 1. The fourth-order valence-electron chi connectivity index (χ4n) is 3.22. The van der Waals surface area contributed by atoms with Crippen LogP contribution in [0.1, 0.15) is 46.6 Å². The first-order valence-electron chi connectivity index (χ1n) is 9.21. The van der Waals surface area contributed by atoms with E-state index < -0.39 is 12.0 Å². The van der Waals surface area contributed by atoms with Gasteiger partial charge in [0.05, 0.1) is 5.69 Å². The average Bonchev–Trinajstić information content (AvgIpc) is 3.10. The molecule has 3 N–H and O–H groups in total. The summed E-state index contributed by atoms with van der Waals surface area (Å²) in [5, 5.41) is 14.4. The third-order valence-corrected chi connectivity index (χ3v) is 4.69. The van der Waals surface area contributed by atoms with Gasteiger partial charge < -0.3 is 15.7 Å². The number of aliphatic hydroxyl groups excluding tert-OH is 1. The lowest BCUT2D eigenvalue weighted by Crippen LogP contribution is -2.21. The van der Waals surface area contributed by atoms with Gasteiger partial charge in [0.2, 0.25) is 6.41 Å². The normalized spacial score (nSPS) is 13.8. The second-order valence-electron chi connectivity index (χ2n) is 6.82. The maximum Gasteiger partial charge on any atom is 0.269 e. The molecule has 0 aliphatic heterocycles. The van der Waals surface area contributed by atoms with E-state index in [4.69, 9.17) is 5.73 Å². The minimum Gasteiger partial charge on any atom is -0.380 e. The van der Waals surface area contributed by atoms with Crippen molar-refractivity contribution in [2.75, 3.05) is 13.6 Å². The second kappa shape index (κ2) is 8.67. The Morgan fingerprint density at radius 2 is 2.25 bits per heavy atom. The van der Waals surface area contributed by atoms with E-state index in [2.05, 4.69) is 21.9 Å². The fourth-order valence-corrected chi connectivity index (χ4v) is 3.22. The van der Waals surface area contributed by atoms with Crippen LogP contribution in [0.15, 0.2) is 18.3 Å². The van der Waals surface area contributed by atoms with Crippen LogP contribution in [0, 0.1) is 11.8 Å². The topological polar surface area (TPSA) is 114 Å². The van der Waals surface area contributed by atoms with E-state index in [1.807, 2.05) is 0 Å². The van der Waals surface area contributed by atoms with E-state index in [-0.39, 0.29) is 0 Å². The highest BCUT2D eigenvalue weighted by molar-refractivity contribution is 5.92. The van der Waals surface area contributed by atoms with Gasteiger partial charge in [-0.3, -0.25) is 9.59 Å². The third-order valence-electron chi connectivity index (χ3n) is 4.69. The lowest BCUT2D eigenvalue weighted by Gasteiger charge is -2.13. The van der Waals surface area contributed by atoms with Gasteiger partial charge in [-0.05, 0) is 37.8 Å². The number of carbonyl (C=O) groups excluding carboxylic acids is 2. The van der Waals surface area contributed by atoms with Gasteiger partial charge in [0.1, 0.15) is 6.10 Å². The van der Waals surface area contributed by atoms with Gasteiger partial charge in [0, 0.05) is 37.3 Å². The Morgan fingerprint density at radius 3 is 3.00 bits per heavy atom. The summed E-state index contributed by atoms with van der Waals surface area (Å²) in [4.78, 5) is 28.1. The molecular formula is C20H23N5O3. The molecule has 28 heavy (non-hydrogen) atoms. The first-order valence-corrected chi connectivity index (χ1v) is 9.21. The van der Waals surface area contributed by atoms with Crippen LogP contribution >= 0.6 is 0 Å². The van der Waals surface area contributed by atoms with Crippen molar-refractivity contribution in [3.05, 3.63) is 40.8 Å². The van der Waals surface area contributed by atoms with E-state index >= 15 is 0 Å². The van der Waals surface area contributed by atoms with Crippen molar-refractivity contribution in [3.63, 3.8) is 0 Å². The molecule has 2 amide bonds. The maximum absolute atomic E-state index is 11.7. The van der Waals surface area contributed by atoms with E-state index in [1.54, 1.807) is 30.1 Å². The first-order chi connectivity index (χ1) is 13.5. The van der Waals surface area contributed by atoms with Gasteiger partial charge in [-0.1, -0.05) is 11.8 Å². The number of hydrogen-bond donors (Lipinski definition) is 2. The predicted octanol–water partition coefficient (Wildman–Crippen LogP) is 0.436. The van der Waals surface area contributed by atoms with Crippen LogP contribution in [0.4, 0.5) is 0 Å². The van der Waals surface area contributed by atoms with Crippen molar-refractivity contribution in [2.45, 2.75) is 38.2 Å². The molecule has 0 saturated carbocycles. The summed E-state index contributed by atoms with van der Waals surface area (Å²) in [7, 11) is 1.65. The zero-order valence-corrected chi connectivity index (χ0v) is 15.8. The Kier molecular flexibility index (Phi) is 6.06. The Bertz CT molecular complexity index is 941.